The van der Waals surface area contributed by atoms with Gasteiger partial charge in [0.05, 0.1) is 12.3 Å². The largest absolute Gasteiger partial charge is 0.494 e. The molecule has 1 unspecified atom stereocenters. The van der Waals surface area contributed by atoms with E-state index in [4.69, 9.17) is 4.74 Å². The topological polar surface area (TPSA) is 70.2 Å². The summed E-state index contributed by atoms with van der Waals surface area (Å²) in [6.45, 7) is 12.9. The number of nitrogens with zero attached hydrogens (tertiary/aromatic N) is 5. The van der Waals surface area contributed by atoms with E-state index in [2.05, 4.69) is 62.9 Å². The van der Waals surface area contributed by atoms with Gasteiger partial charge in [0.2, 0.25) is 0 Å². The molecule has 0 saturated carbocycles. The highest BCUT2D eigenvalue weighted by atomic mass is 16.5. The third-order valence-corrected chi connectivity index (χ3v) is 5.88. The minimum Gasteiger partial charge on any atom is -0.494 e. The average Bonchev–Trinajstić information content (AvgIpc) is 3.12. The van der Waals surface area contributed by atoms with Crippen LogP contribution in [0.15, 0.2) is 36.7 Å². The van der Waals surface area contributed by atoms with E-state index >= 15 is 0 Å². The summed E-state index contributed by atoms with van der Waals surface area (Å²) in [5.74, 6) is 1.82. The molecule has 158 valence electrons. The van der Waals surface area contributed by atoms with Crippen molar-refractivity contribution < 1.29 is 4.74 Å². The minimum atomic E-state index is 0.346. The van der Waals surface area contributed by atoms with Gasteiger partial charge in [0.1, 0.15) is 11.4 Å². The zero-order valence-electron chi connectivity index (χ0n) is 18.2. The summed E-state index contributed by atoms with van der Waals surface area (Å²) in [5.41, 5.74) is 5.55. The summed E-state index contributed by atoms with van der Waals surface area (Å²) in [4.78, 5) is 14.2. The minimum absolute atomic E-state index is 0.346. The number of benzene rings is 1. The van der Waals surface area contributed by atoms with Crippen molar-refractivity contribution in [2.45, 2.75) is 33.7 Å². The lowest BCUT2D eigenvalue weighted by atomic mass is 10.0. The molecule has 3 aromatic rings. The van der Waals surface area contributed by atoms with Crippen LogP contribution in [0.3, 0.4) is 0 Å². The molecule has 1 aliphatic heterocycles. The maximum Gasteiger partial charge on any atom is 0.155 e. The number of H-pyrrole nitrogens is 1. The van der Waals surface area contributed by atoms with Crippen molar-refractivity contribution in [1.82, 2.24) is 25.1 Å². The molecule has 7 nitrogen and oxygen atoms in total. The first kappa shape index (κ1) is 20.3. The smallest absolute Gasteiger partial charge is 0.155 e. The van der Waals surface area contributed by atoms with E-state index in [1.807, 2.05) is 19.1 Å². The monoisotopic (exact) mass is 406 g/mol. The number of rotatable bonds is 6. The van der Waals surface area contributed by atoms with Gasteiger partial charge < -0.3 is 9.64 Å². The number of ether oxygens (including phenoxy) is 1. The number of aryl methyl sites for hydroxylation is 2. The van der Waals surface area contributed by atoms with Crippen molar-refractivity contribution in [3.63, 3.8) is 0 Å². The number of hydrogen-bond donors (Lipinski definition) is 1. The van der Waals surface area contributed by atoms with Crippen LogP contribution in [0.5, 0.6) is 5.75 Å². The molecule has 0 radical (unpaired) electrons. The van der Waals surface area contributed by atoms with Gasteiger partial charge in [0, 0.05) is 61.4 Å². The number of nitrogens with one attached hydrogen (secondary N) is 1. The summed E-state index contributed by atoms with van der Waals surface area (Å²) in [6.07, 6.45) is 3.54. The molecule has 30 heavy (non-hydrogen) atoms. The summed E-state index contributed by atoms with van der Waals surface area (Å²) in [7, 11) is 0. The second kappa shape index (κ2) is 8.83. The van der Waals surface area contributed by atoms with Gasteiger partial charge in [-0.05, 0) is 52.0 Å². The van der Waals surface area contributed by atoms with E-state index in [9.17, 15) is 0 Å². The fourth-order valence-electron chi connectivity index (χ4n) is 4.32. The normalized spacial score (nSPS) is 15.9. The average molecular weight is 407 g/mol. The molecule has 1 aromatic carbocycles. The lowest BCUT2D eigenvalue weighted by Gasteiger charge is -2.39. The molecule has 1 saturated heterocycles. The molecule has 1 N–H and O–H groups in total. The van der Waals surface area contributed by atoms with Gasteiger partial charge in [0.25, 0.3) is 0 Å². The van der Waals surface area contributed by atoms with Crippen LogP contribution in [0.2, 0.25) is 0 Å². The molecular weight excluding hydrogens is 376 g/mol. The van der Waals surface area contributed by atoms with Crippen molar-refractivity contribution in [3.05, 3.63) is 53.6 Å². The predicted octanol–water partition coefficient (Wildman–Crippen LogP) is 3.77. The van der Waals surface area contributed by atoms with Gasteiger partial charge in [-0.1, -0.05) is 0 Å². The quantitative estimate of drug-likeness (QED) is 0.672. The van der Waals surface area contributed by atoms with Crippen LogP contribution in [-0.2, 0) is 0 Å². The second-order valence-electron chi connectivity index (χ2n) is 7.73. The fourth-order valence-corrected chi connectivity index (χ4v) is 4.32. The molecule has 3 heterocycles. The molecule has 1 aliphatic rings. The number of anilines is 1. The number of aromatic nitrogens is 4. The van der Waals surface area contributed by atoms with Gasteiger partial charge in [0.15, 0.2) is 5.82 Å². The molecule has 4 rings (SSSR count). The van der Waals surface area contributed by atoms with Crippen LogP contribution in [0.1, 0.15) is 36.8 Å². The molecule has 2 aromatic heterocycles. The van der Waals surface area contributed by atoms with Crippen molar-refractivity contribution in [2.24, 2.45) is 0 Å². The maximum absolute atomic E-state index is 5.57. The summed E-state index contributed by atoms with van der Waals surface area (Å²) < 4.78 is 5.57. The van der Waals surface area contributed by atoms with Gasteiger partial charge >= 0.3 is 0 Å². The van der Waals surface area contributed by atoms with Crippen LogP contribution in [0.4, 0.5) is 5.82 Å². The summed E-state index contributed by atoms with van der Waals surface area (Å²) in [6, 6.07) is 8.44. The van der Waals surface area contributed by atoms with Crippen molar-refractivity contribution >= 4 is 5.82 Å². The number of piperazine rings is 1. The fraction of sp³-hybridized carbons (Fsp3) is 0.435. The first-order chi connectivity index (χ1) is 14.6. The third kappa shape index (κ3) is 4.03. The Labute approximate surface area is 178 Å². The second-order valence-corrected chi connectivity index (χ2v) is 7.73. The highest BCUT2D eigenvalue weighted by Crippen LogP contribution is 2.31. The van der Waals surface area contributed by atoms with Gasteiger partial charge in [-0.15, -0.1) is 0 Å². The Balaban J connectivity index is 1.49. The van der Waals surface area contributed by atoms with Crippen LogP contribution in [0.25, 0.3) is 11.3 Å². The van der Waals surface area contributed by atoms with Crippen molar-refractivity contribution in [1.29, 1.82) is 0 Å². The van der Waals surface area contributed by atoms with E-state index in [0.29, 0.717) is 12.6 Å². The molecule has 1 atom stereocenters. The zero-order valence-corrected chi connectivity index (χ0v) is 18.2. The molecule has 0 spiro atoms. The first-order valence-corrected chi connectivity index (χ1v) is 10.6. The summed E-state index contributed by atoms with van der Waals surface area (Å²) in [5, 5.41) is 7.48. The van der Waals surface area contributed by atoms with E-state index < -0.39 is 0 Å². The Kier molecular flexibility index (Phi) is 5.99. The Morgan fingerprint density at radius 1 is 1.03 bits per heavy atom. The SMILES string of the molecule is CCOc1ccc(-c2nccnc2N2CCN(C(C)c3c(C)n[nH]c3C)CC2)cc1. The molecule has 0 amide bonds. The van der Waals surface area contributed by atoms with E-state index in [-0.39, 0.29) is 0 Å². The molecule has 0 aliphatic carbocycles. The number of aromatic amines is 1. The predicted molar refractivity (Wildman–Crippen MR) is 119 cm³/mol. The Bertz CT molecular complexity index is 956. The Hall–Kier alpha value is -2.93. The lowest BCUT2D eigenvalue weighted by molar-refractivity contribution is 0.197. The number of hydrogen-bond acceptors (Lipinski definition) is 6. The molecule has 0 bridgehead atoms. The highest BCUT2D eigenvalue weighted by molar-refractivity contribution is 5.72. The van der Waals surface area contributed by atoms with Gasteiger partial charge in [-0.2, -0.15) is 5.10 Å². The first-order valence-electron chi connectivity index (χ1n) is 10.6. The van der Waals surface area contributed by atoms with E-state index in [0.717, 1.165) is 60.4 Å². The lowest BCUT2D eigenvalue weighted by Crippen LogP contribution is -2.47. The maximum atomic E-state index is 5.57. The van der Waals surface area contributed by atoms with Gasteiger partial charge in [-0.25, -0.2) is 4.98 Å². The standard InChI is InChI=1S/C23H30N6O/c1-5-30-20-8-6-19(7-9-20)22-23(25-11-10-24-22)29-14-12-28(13-15-29)18(4)21-16(2)26-27-17(21)3/h6-11,18H,5,12-15H2,1-4H3,(H,26,27). The third-order valence-electron chi connectivity index (χ3n) is 5.88. The highest BCUT2D eigenvalue weighted by Gasteiger charge is 2.27. The van der Waals surface area contributed by atoms with Crippen molar-refractivity contribution in [3.8, 4) is 17.0 Å². The van der Waals surface area contributed by atoms with E-state index in [1.165, 1.54) is 5.56 Å². The Morgan fingerprint density at radius 3 is 2.37 bits per heavy atom. The van der Waals surface area contributed by atoms with Crippen LogP contribution >= 0.6 is 0 Å². The van der Waals surface area contributed by atoms with Crippen LogP contribution in [-0.4, -0.2) is 57.9 Å². The summed E-state index contributed by atoms with van der Waals surface area (Å²) >= 11 is 0. The van der Waals surface area contributed by atoms with Crippen LogP contribution in [0, 0.1) is 13.8 Å². The van der Waals surface area contributed by atoms with E-state index in [1.54, 1.807) is 12.4 Å². The molecule has 1 fully saturated rings. The van der Waals surface area contributed by atoms with Gasteiger partial charge in [-0.3, -0.25) is 15.0 Å². The molecule has 7 heteroatoms. The van der Waals surface area contributed by atoms with Crippen molar-refractivity contribution in [2.75, 3.05) is 37.7 Å². The zero-order chi connectivity index (χ0) is 21.1. The van der Waals surface area contributed by atoms with Crippen LogP contribution < -0.4 is 9.64 Å². The Morgan fingerprint density at radius 2 is 1.73 bits per heavy atom. The molecular formula is C23H30N6O.